The molecule has 1 atom stereocenters. The number of nitrogens with zero attached hydrogens (tertiary/aromatic N) is 5. The molecule has 1 amide bonds. The zero-order valence-electron chi connectivity index (χ0n) is 28.9. The second kappa shape index (κ2) is 15.8. The smallest absolute Gasteiger partial charge is 0.411 e. The van der Waals surface area contributed by atoms with Gasteiger partial charge in [-0.3, -0.25) is 10.00 Å². The van der Waals surface area contributed by atoms with Crippen LogP contribution < -0.4 is 25.7 Å². The first kappa shape index (κ1) is 36.5. The van der Waals surface area contributed by atoms with E-state index in [4.69, 9.17) is 14.3 Å². The molecular weight excluding hydrogens is 714 g/mol. The third-order valence-electron chi connectivity index (χ3n) is 8.67. The van der Waals surface area contributed by atoms with E-state index in [0.29, 0.717) is 45.8 Å². The van der Waals surface area contributed by atoms with Crippen molar-refractivity contribution in [3.8, 4) is 11.8 Å². The Labute approximate surface area is 301 Å². The van der Waals surface area contributed by atoms with Crippen LogP contribution in [0, 0.1) is 11.3 Å². The Kier molecular flexibility index (Phi) is 11.6. The van der Waals surface area contributed by atoms with Crippen molar-refractivity contribution >= 4 is 63.5 Å². The van der Waals surface area contributed by atoms with Gasteiger partial charge in [0.05, 0.1) is 25.3 Å². The zero-order chi connectivity index (χ0) is 35.9. The lowest BCUT2D eigenvalue weighted by Gasteiger charge is -2.43. The molecule has 5 aromatic rings. The number of benzene rings is 3. The van der Waals surface area contributed by atoms with Gasteiger partial charge in [-0.05, 0) is 62.4 Å². The molecule has 50 heavy (non-hydrogen) atoms. The Morgan fingerprint density at radius 2 is 1.70 bits per heavy atom. The zero-order valence-corrected chi connectivity index (χ0v) is 31.5. The molecule has 0 spiro atoms. The van der Waals surface area contributed by atoms with Crippen molar-refractivity contribution in [2.45, 2.75) is 64.6 Å². The van der Waals surface area contributed by atoms with Crippen LogP contribution in [0.4, 0.5) is 16.6 Å². The number of anilines is 2. The minimum absolute atomic E-state index is 0.0735. The average Bonchev–Trinajstić information content (AvgIpc) is 3.40. The second-order valence-corrected chi connectivity index (χ2v) is 18.1. The van der Waals surface area contributed by atoms with Gasteiger partial charge in [0.2, 0.25) is 5.95 Å². The fourth-order valence-corrected chi connectivity index (χ4v) is 11.5. The molecule has 0 aliphatic carbocycles. The molecular formula is C37H42BrN7O4Si. The number of carboxylic acid groups (broad SMARTS) is 1. The van der Waals surface area contributed by atoms with Crippen LogP contribution in [0.5, 0.6) is 5.75 Å². The predicted molar refractivity (Wildman–Crippen MR) is 202 cm³/mol. The molecule has 2 aromatic heterocycles. The van der Waals surface area contributed by atoms with E-state index in [1.54, 1.807) is 30.0 Å². The molecule has 5 rings (SSSR count). The van der Waals surface area contributed by atoms with E-state index in [9.17, 15) is 15.2 Å². The number of carbonyl (C=O) groups is 1. The summed E-state index contributed by atoms with van der Waals surface area (Å²) in [6.07, 6.45) is 1.09. The maximum Gasteiger partial charge on any atom is 0.411 e. The normalized spacial score (nSPS) is 12.3. The number of aromatic nitrogens is 4. The van der Waals surface area contributed by atoms with Crippen LogP contribution in [0.2, 0.25) is 5.04 Å². The fraction of sp³-hybridized carbons (Fsp3) is 0.324. The van der Waals surface area contributed by atoms with E-state index in [1.807, 2.05) is 12.1 Å². The lowest BCUT2D eigenvalue weighted by atomic mass is 10.1. The topological polar surface area (TPSA) is 147 Å². The maximum absolute atomic E-state index is 11.7. The van der Waals surface area contributed by atoms with Crippen molar-refractivity contribution in [3.63, 3.8) is 0 Å². The summed E-state index contributed by atoms with van der Waals surface area (Å²) in [6, 6.07) is 28.4. The van der Waals surface area contributed by atoms with Crippen LogP contribution in [0.15, 0.2) is 83.5 Å². The highest BCUT2D eigenvalue weighted by molar-refractivity contribution is 9.10. The fourth-order valence-electron chi connectivity index (χ4n) is 6.49. The lowest BCUT2D eigenvalue weighted by Crippen LogP contribution is -2.66. The van der Waals surface area contributed by atoms with Gasteiger partial charge >= 0.3 is 6.09 Å². The van der Waals surface area contributed by atoms with Gasteiger partial charge in [0.15, 0.2) is 10.4 Å². The highest BCUT2D eigenvalue weighted by Gasteiger charge is 2.50. The number of rotatable bonds is 14. The van der Waals surface area contributed by atoms with Gasteiger partial charge in [-0.25, -0.2) is 9.78 Å². The first-order valence-corrected chi connectivity index (χ1v) is 19.2. The number of nitrogens with one attached hydrogen (secondary N) is 2. The lowest BCUT2D eigenvalue weighted by molar-refractivity contribution is 0.209. The highest BCUT2D eigenvalue weighted by atomic mass is 79.9. The van der Waals surface area contributed by atoms with Gasteiger partial charge in [-0.2, -0.15) is 15.3 Å². The van der Waals surface area contributed by atoms with Crippen LogP contribution in [-0.2, 0) is 11.0 Å². The van der Waals surface area contributed by atoms with Gasteiger partial charge < -0.3 is 19.6 Å². The van der Waals surface area contributed by atoms with E-state index >= 15 is 0 Å². The van der Waals surface area contributed by atoms with Crippen LogP contribution in [0.1, 0.15) is 58.1 Å². The first-order valence-electron chi connectivity index (χ1n) is 16.5. The summed E-state index contributed by atoms with van der Waals surface area (Å²) in [4.78, 5) is 20.8. The molecule has 11 nitrogen and oxygen atoms in total. The molecule has 0 aliphatic heterocycles. The van der Waals surface area contributed by atoms with Crippen molar-refractivity contribution in [1.29, 1.82) is 5.26 Å². The summed E-state index contributed by atoms with van der Waals surface area (Å²) in [6.45, 7) is 9.64. The largest absolute Gasteiger partial charge is 0.496 e. The van der Waals surface area contributed by atoms with Gasteiger partial charge in [-0.1, -0.05) is 94.8 Å². The van der Waals surface area contributed by atoms with Crippen molar-refractivity contribution in [3.05, 3.63) is 94.6 Å². The Balaban J connectivity index is 1.52. The maximum atomic E-state index is 11.7. The highest BCUT2D eigenvalue weighted by Crippen LogP contribution is 2.37. The number of methoxy groups -OCH3 is 1. The van der Waals surface area contributed by atoms with Crippen LogP contribution in [0.25, 0.3) is 11.0 Å². The molecule has 2 heterocycles. The molecule has 0 fully saturated rings. The number of halogens is 1. The standard InChI is InChI=1S/C37H42BrN7O4Si/c1-6-13-27(20-21-49-50(37(2,3)4,28-14-9-7-10-15-28)29-16-11-8-12-17-29)40-34-32-31(41-35(42-34)43-36(46)47)33(38)44-45(32)24-26-22-25(23-39)18-19-30(26)48-5/h7-12,14-19,22,27H,6,13,20-21,24H2,1-5H3,(H,46,47)(H2,40,41,42,43). The van der Waals surface area contributed by atoms with E-state index in [-0.39, 0.29) is 23.6 Å². The van der Waals surface area contributed by atoms with Gasteiger partial charge in [0, 0.05) is 18.2 Å². The summed E-state index contributed by atoms with van der Waals surface area (Å²) in [7, 11) is -1.18. The number of hydrogen-bond acceptors (Lipinski definition) is 8. The molecule has 3 N–H and O–H groups in total. The van der Waals surface area contributed by atoms with Crippen molar-refractivity contribution in [2.75, 3.05) is 24.4 Å². The summed E-state index contributed by atoms with van der Waals surface area (Å²) in [5.41, 5.74) is 2.24. The van der Waals surface area contributed by atoms with Crippen LogP contribution in [-0.4, -0.2) is 59.0 Å². The average molecular weight is 757 g/mol. The molecule has 260 valence electrons. The summed E-state index contributed by atoms with van der Waals surface area (Å²) in [5.74, 6) is 0.958. The quantitative estimate of drug-likeness (QED) is 0.101. The van der Waals surface area contributed by atoms with Gasteiger partial charge in [-0.15, -0.1) is 0 Å². The number of ether oxygens (including phenoxy) is 1. The van der Waals surface area contributed by atoms with E-state index in [1.165, 1.54) is 10.4 Å². The van der Waals surface area contributed by atoms with Gasteiger partial charge in [0.1, 0.15) is 16.8 Å². The Hall–Kier alpha value is -4.77. The van der Waals surface area contributed by atoms with E-state index in [2.05, 4.69) is 119 Å². The molecule has 0 saturated carbocycles. The van der Waals surface area contributed by atoms with Crippen molar-refractivity contribution in [2.24, 2.45) is 0 Å². The van der Waals surface area contributed by atoms with Crippen molar-refractivity contribution in [1.82, 2.24) is 19.7 Å². The first-order chi connectivity index (χ1) is 24.0. The monoisotopic (exact) mass is 755 g/mol. The number of nitriles is 1. The minimum Gasteiger partial charge on any atom is -0.496 e. The van der Waals surface area contributed by atoms with E-state index < -0.39 is 14.4 Å². The number of fused-ring (bicyclic) bond motifs is 1. The Morgan fingerprint density at radius 1 is 1.04 bits per heavy atom. The third-order valence-corrected chi connectivity index (χ3v) is 14.3. The minimum atomic E-state index is -2.75. The van der Waals surface area contributed by atoms with Crippen LogP contribution >= 0.6 is 15.9 Å². The SMILES string of the molecule is CCCC(CCO[Si](c1ccccc1)(c1ccccc1)C(C)(C)C)Nc1nc(NC(=O)O)nc2c(Br)nn(Cc3cc(C#N)ccc3OC)c12. The van der Waals surface area contributed by atoms with Gasteiger partial charge in [0.25, 0.3) is 8.32 Å². The second-order valence-electron chi connectivity index (χ2n) is 13.0. The molecule has 0 radical (unpaired) electrons. The van der Waals surface area contributed by atoms with Crippen molar-refractivity contribution < 1.29 is 19.1 Å². The molecule has 13 heteroatoms. The summed E-state index contributed by atoms with van der Waals surface area (Å²) >= 11 is 3.53. The molecule has 0 aliphatic rings. The van der Waals surface area contributed by atoms with Crippen LogP contribution in [0.3, 0.4) is 0 Å². The number of hydrogen-bond donors (Lipinski definition) is 3. The Morgan fingerprint density at radius 3 is 2.26 bits per heavy atom. The molecule has 0 bridgehead atoms. The summed E-state index contributed by atoms with van der Waals surface area (Å²) < 4.78 is 14.9. The molecule has 3 aromatic carbocycles. The Bertz CT molecular complexity index is 1940. The molecule has 1 unspecified atom stereocenters. The number of amides is 1. The molecule has 0 saturated heterocycles. The predicted octanol–water partition coefficient (Wildman–Crippen LogP) is 7.15. The summed E-state index contributed by atoms with van der Waals surface area (Å²) in [5, 5.41) is 31.9. The van der Waals surface area contributed by atoms with E-state index in [0.717, 1.165) is 18.4 Å². The third kappa shape index (κ3) is 7.83.